The minimum absolute atomic E-state index is 0.0377. The topological polar surface area (TPSA) is 230 Å². The Morgan fingerprint density at radius 1 is 0.851 bits per heavy atom. The number of anilines is 4. The molecule has 0 radical (unpaired) electrons. The fraction of sp³-hybridized carbons (Fsp3) is 0.556. The van der Waals surface area contributed by atoms with Crippen LogP contribution >= 0.6 is 0 Å². The van der Waals surface area contributed by atoms with Crippen molar-refractivity contribution in [2.75, 3.05) is 107 Å². The van der Waals surface area contributed by atoms with E-state index in [-0.39, 0.29) is 71.3 Å². The zero-order valence-corrected chi connectivity index (χ0v) is 53.2. The van der Waals surface area contributed by atoms with Gasteiger partial charge < -0.3 is 39.0 Å². The van der Waals surface area contributed by atoms with Gasteiger partial charge in [-0.05, 0) is 117 Å². The summed E-state index contributed by atoms with van der Waals surface area (Å²) in [6.45, 7) is 30.3. The molecule has 3 fully saturated rings. The zero-order valence-electron chi connectivity index (χ0n) is 52.4. The first kappa shape index (κ1) is 62.9. The second-order valence-corrected chi connectivity index (χ2v) is 29.0. The molecule has 4 aromatic heterocycles. The van der Waals surface area contributed by atoms with Crippen molar-refractivity contribution < 1.29 is 41.3 Å². The Morgan fingerprint density at radius 2 is 1.59 bits per heavy atom. The summed E-state index contributed by atoms with van der Waals surface area (Å²) >= 11 is 0. The molecule has 0 aliphatic carbocycles. The maximum atomic E-state index is 14.7. The van der Waals surface area contributed by atoms with Crippen molar-refractivity contribution in [3.05, 3.63) is 101 Å². The number of nitrogens with one attached hydrogen (secondary N) is 2. The lowest BCUT2D eigenvalue weighted by Gasteiger charge is -2.48. The average molecular weight is 1220 g/mol. The van der Waals surface area contributed by atoms with Gasteiger partial charge in [-0.25, -0.2) is 37.5 Å². The number of ether oxygens (including phenoxy) is 4. The Hall–Kier alpha value is -7.12. The Kier molecular flexibility index (Phi) is 18.5. The average Bonchev–Trinajstić information content (AvgIpc) is 1.83. The monoisotopic (exact) mass is 1220 g/mol. The van der Waals surface area contributed by atoms with Crippen LogP contribution in [-0.2, 0) is 35.9 Å². The molecule has 4 aliphatic heterocycles. The van der Waals surface area contributed by atoms with Gasteiger partial charge in [-0.2, -0.15) is 5.10 Å². The number of halogens is 1. The summed E-state index contributed by atoms with van der Waals surface area (Å²) < 4.78 is 65.5. The van der Waals surface area contributed by atoms with E-state index in [1.165, 1.54) is 18.5 Å². The maximum absolute atomic E-state index is 14.7. The largest absolute Gasteiger partial charge is 0.492 e. The van der Waals surface area contributed by atoms with Gasteiger partial charge >= 0.3 is 6.09 Å². The van der Waals surface area contributed by atoms with E-state index in [1.807, 2.05) is 58.7 Å². The van der Waals surface area contributed by atoms with E-state index in [0.29, 0.717) is 93.0 Å². The number of nitrogens with zero attached hydrogens (tertiary/aromatic N) is 12. The van der Waals surface area contributed by atoms with Crippen LogP contribution in [0.5, 0.6) is 11.5 Å². The minimum Gasteiger partial charge on any atom is -0.492 e. The molecule has 468 valence electrons. The van der Waals surface area contributed by atoms with Crippen molar-refractivity contribution in [3.63, 3.8) is 0 Å². The van der Waals surface area contributed by atoms with E-state index in [1.54, 1.807) is 62.3 Å². The highest BCUT2D eigenvalue weighted by atomic mass is 32.2. The molecule has 3 saturated heterocycles. The number of benzene rings is 2. The lowest BCUT2D eigenvalue weighted by molar-refractivity contribution is -0.122. The Balaban J connectivity index is 0.723. The third-order valence-corrected chi connectivity index (χ3v) is 19.4. The van der Waals surface area contributed by atoms with Crippen molar-refractivity contribution in [2.24, 2.45) is 0 Å². The summed E-state index contributed by atoms with van der Waals surface area (Å²) in [6, 6.07) is 11.4. The lowest BCUT2D eigenvalue weighted by atomic mass is 9.91. The smallest absolute Gasteiger partial charge is 0.410 e. The minimum atomic E-state index is -3.83. The molecule has 2 amide bonds. The van der Waals surface area contributed by atoms with Crippen LogP contribution in [0.15, 0.2) is 72.3 Å². The number of amides is 2. The van der Waals surface area contributed by atoms with Gasteiger partial charge in [0.25, 0.3) is 0 Å². The standard InChI is InChI=1S/C63H85FN14O8S/c1-40-31-76(35-55(79)78-38-63(11,12)56-52(78)25-45(28-65-56)24-44-14-16-46(64)17-15-44)47(33-77(40)60(80)86-61(5,6)7)32-75-34-49(84-36-41(75)2)37-85-48-29-66-59(67-30-48)74-21-19-73(20-22-74)18-13-23-83-53-27-51-50(26-54(53)87(81,82)62(8,9)10)58(69-39-68-51)70-57-42(3)43(4)71-72-57/h14-17,25-30,39-41,47,49H,13,18-24,31-38H2,1-12H3,(H2,68,69,70,71,72)/t40-,41-,47+,49-/m1/s1. The number of aromatic nitrogens is 7. The van der Waals surface area contributed by atoms with E-state index in [2.05, 4.69) is 65.9 Å². The molecule has 4 atom stereocenters. The number of hydrogen-bond acceptors (Lipinski definition) is 19. The molecular weight excluding hydrogens is 1130 g/mol. The van der Waals surface area contributed by atoms with E-state index >= 15 is 0 Å². The molecule has 0 spiro atoms. The third kappa shape index (κ3) is 14.6. The maximum Gasteiger partial charge on any atom is 0.410 e. The lowest BCUT2D eigenvalue weighted by Crippen LogP contribution is -2.65. The van der Waals surface area contributed by atoms with Gasteiger partial charge in [-0.15, -0.1) is 0 Å². The molecular formula is C63H85FN14O8S. The molecule has 8 heterocycles. The van der Waals surface area contributed by atoms with Crippen LogP contribution in [0.3, 0.4) is 0 Å². The SMILES string of the molecule is Cc1[nH]nc(Nc2ncnc3cc(OCCCN4CCN(c5ncc(OC[C@H]6CN(C[C@H]7CN(C(=O)OC(C)(C)C)[C@H](C)CN7CC(=O)N7CC(C)(C)c8ncc(Cc9ccc(F)cc9)cc87)[C@H](C)CO6)cn5)CC4)c(S(=O)(=O)C(C)(C)C)cc23)c1C. The molecule has 2 aromatic carbocycles. The number of H-pyrrole nitrogens is 1. The summed E-state index contributed by atoms with van der Waals surface area (Å²) in [5, 5.41) is 11.1. The number of sulfone groups is 1. The van der Waals surface area contributed by atoms with Crippen LogP contribution in [0.4, 0.5) is 32.5 Å². The third-order valence-electron chi connectivity index (χ3n) is 16.9. The zero-order chi connectivity index (χ0) is 62.2. The predicted octanol–water partition coefficient (Wildman–Crippen LogP) is 7.89. The second kappa shape index (κ2) is 25.5. The number of carbonyl (C=O) groups is 2. The van der Waals surface area contributed by atoms with Gasteiger partial charge in [-0.1, -0.05) is 26.0 Å². The number of piperazine rings is 2. The number of morpholine rings is 1. The van der Waals surface area contributed by atoms with Crippen LogP contribution in [0.25, 0.3) is 10.9 Å². The molecule has 0 bridgehead atoms. The normalized spacial score (nSPS) is 20.6. The van der Waals surface area contributed by atoms with Gasteiger partial charge in [0.2, 0.25) is 11.9 Å². The van der Waals surface area contributed by atoms with Crippen molar-refractivity contribution in [3.8, 4) is 11.5 Å². The van der Waals surface area contributed by atoms with E-state index in [0.717, 1.165) is 66.5 Å². The number of hydrogen-bond donors (Lipinski definition) is 2. The summed E-state index contributed by atoms with van der Waals surface area (Å²) in [4.78, 5) is 64.5. The number of pyridine rings is 1. The molecule has 0 saturated carbocycles. The van der Waals surface area contributed by atoms with Gasteiger partial charge in [0.15, 0.2) is 21.4 Å². The van der Waals surface area contributed by atoms with E-state index in [9.17, 15) is 22.4 Å². The van der Waals surface area contributed by atoms with Gasteiger partial charge in [0.05, 0.1) is 53.8 Å². The van der Waals surface area contributed by atoms with Gasteiger partial charge in [-0.3, -0.25) is 29.6 Å². The quantitative estimate of drug-likeness (QED) is 0.0779. The molecule has 10 rings (SSSR count). The van der Waals surface area contributed by atoms with E-state index in [4.69, 9.17) is 33.9 Å². The molecule has 22 nitrogen and oxygen atoms in total. The molecule has 4 aliphatic rings. The highest BCUT2D eigenvalue weighted by Crippen LogP contribution is 2.41. The van der Waals surface area contributed by atoms with Gasteiger partial charge in [0, 0.05) is 118 Å². The Bertz CT molecular complexity index is 3530. The molecule has 87 heavy (non-hydrogen) atoms. The number of fused-ring (bicyclic) bond motifs is 2. The van der Waals surface area contributed by atoms with Crippen LogP contribution in [0, 0.1) is 19.7 Å². The summed E-state index contributed by atoms with van der Waals surface area (Å²) in [5.74, 6) is 2.12. The van der Waals surface area contributed by atoms with Crippen LogP contribution in [0.1, 0.15) is 104 Å². The van der Waals surface area contributed by atoms with Crippen molar-refractivity contribution in [1.82, 2.24) is 54.7 Å². The van der Waals surface area contributed by atoms with Crippen molar-refractivity contribution in [2.45, 2.75) is 141 Å². The van der Waals surface area contributed by atoms with Crippen molar-refractivity contribution >= 4 is 56.0 Å². The summed E-state index contributed by atoms with van der Waals surface area (Å²) in [7, 11) is -3.83. The number of aromatic amines is 1. The van der Waals surface area contributed by atoms with Crippen LogP contribution in [0.2, 0.25) is 0 Å². The fourth-order valence-corrected chi connectivity index (χ4v) is 13.0. The predicted molar refractivity (Wildman–Crippen MR) is 331 cm³/mol. The number of rotatable bonds is 18. The second-order valence-electron chi connectivity index (χ2n) is 26.4. The first-order chi connectivity index (χ1) is 41.2. The van der Waals surface area contributed by atoms with Crippen molar-refractivity contribution in [1.29, 1.82) is 0 Å². The Morgan fingerprint density at radius 3 is 2.28 bits per heavy atom. The Labute approximate surface area is 510 Å². The summed E-state index contributed by atoms with van der Waals surface area (Å²) in [5.41, 5.74) is 4.89. The fourth-order valence-electron chi connectivity index (χ4n) is 11.7. The van der Waals surface area contributed by atoms with Crippen LogP contribution < -0.4 is 24.6 Å². The van der Waals surface area contributed by atoms with Crippen LogP contribution in [-0.4, -0.2) is 202 Å². The molecule has 2 N–H and O–H groups in total. The number of aryl methyl sites for hydroxylation is 1. The number of carbonyl (C=O) groups excluding carboxylic acids is 2. The molecule has 6 aromatic rings. The summed E-state index contributed by atoms with van der Waals surface area (Å²) in [6.07, 6.45) is 7.28. The van der Waals surface area contributed by atoms with E-state index < -0.39 is 20.2 Å². The molecule has 24 heteroatoms. The molecule has 0 unspecified atom stereocenters. The highest BCUT2D eigenvalue weighted by molar-refractivity contribution is 7.92. The highest BCUT2D eigenvalue weighted by Gasteiger charge is 2.44. The first-order valence-corrected chi connectivity index (χ1v) is 31.7. The van der Waals surface area contributed by atoms with Gasteiger partial charge in [0.1, 0.15) is 46.9 Å². The first-order valence-electron chi connectivity index (χ1n) is 30.2.